The number of nitrogens with one attached hydrogen (secondary N) is 1. The molecule has 0 atom stereocenters. The number of aromatic nitrogens is 1. The Morgan fingerprint density at radius 3 is 2.57 bits per heavy atom. The average molecular weight is 390 g/mol. The van der Waals surface area contributed by atoms with Gasteiger partial charge in [0, 0.05) is 24.2 Å². The number of ether oxygens (including phenoxy) is 1. The van der Waals surface area contributed by atoms with Crippen LogP contribution in [0, 0.1) is 6.92 Å². The molecule has 156 valence electrons. The number of carboxylic acid groups (broad SMARTS) is 1. The molecule has 2 N–H and O–H groups in total. The first kappa shape index (κ1) is 22.1. The number of fused-ring (bicyclic) bond motifs is 1. The third-order valence-corrected chi connectivity index (χ3v) is 5.25. The van der Waals surface area contributed by atoms with Gasteiger partial charge in [0.1, 0.15) is 12.4 Å². The summed E-state index contributed by atoms with van der Waals surface area (Å²) in [6.45, 7) is 12.5. The van der Waals surface area contributed by atoms with E-state index >= 15 is 0 Å². The molecular weight excluding hydrogens is 354 g/mol. The van der Waals surface area contributed by atoms with Crippen LogP contribution in [-0.2, 0) is 0 Å². The van der Waals surface area contributed by atoms with E-state index in [0.717, 1.165) is 43.7 Å². The molecule has 0 bridgehead atoms. The van der Waals surface area contributed by atoms with E-state index < -0.39 is 6.09 Å². The molecule has 0 fully saturated rings. The molecule has 0 saturated carbocycles. The zero-order valence-corrected chi connectivity index (χ0v) is 17.8. The van der Waals surface area contributed by atoms with Crippen LogP contribution in [0.2, 0.25) is 0 Å². The van der Waals surface area contributed by atoms with Crippen molar-refractivity contribution in [3.05, 3.63) is 23.9 Å². The molecule has 2 rings (SSSR count). The minimum atomic E-state index is -0.985. The standard InChI is InChI=1S/C22H35N3O3/c1-5-8-9-10-13-23-18-11-12-20-19(16-18)21(17(4)25(20)22(26)27)28-15-14-24(6-2)7-3/h11-12,16,23H,5-10,13-15H2,1-4H3,(H,26,27). The molecule has 0 unspecified atom stereocenters. The van der Waals surface area contributed by atoms with Crippen molar-refractivity contribution in [2.75, 3.05) is 38.1 Å². The maximum absolute atomic E-state index is 11.8. The zero-order chi connectivity index (χ0) is 20.5. The molecular formula is C22H35N3O3. The quantitative estimate of drug-likeness (QED) is 0.489. The molecule has 6 heteroatoms. The monoisotopic (exact) mass is 389 g/mol. The molecule has 0 aliphatic carbocycles. The Morgan fingerprint density at radius 1 is 1.18 bits per heavy atom. The van der Waals surface area contributed by atoms with E-state index in [9.17, 15) is 9.90 Å². The maximum atomic E-state index is 11.8. The van der Waals surface area contributed by atoms with Gasteiger partial charge in [0.05, 0.1) is 11.2 Å². The maximum Gasteiger partial charge on any atom is 0.416 e. The van der Waals surface area contributed by atoms with Gasteiger partial charge in [0.2, 0.25) is 0 Å². The number of nitrogens with zero attached hydrogens (tertiary/aromatic N) is 2. The Bertz CT molecular complexity index is 766. The molecule has 28 heavy (non-hydrogen) atoms. The second kappa shape index (κ2) is 11.0. The number of hydrogen-bond donors (Lipinski definition) is 2. The highest BCUT2D eigenvalue weighted by Gasteiger charge is 2.20. The fourth-order valence-electron chi connectivity index (χ4n) is 3.53. The molecule has 0 spiro atoms. The van der Waals surface area contributed by atoms with Crippen LogP contribution < -0.4 is 10.1 Å². The summed E-state index contributed by atoms with van der Waals surface area (Å²) in [5.74, 6) is 0.666. The van der Waals surface area contributed by atoms with Gasteiger partial charge in [-0.3, -0.25) is 0 Å². The average Bonchev–Trinajstić information content (AvgIpc) is 2.96. The van der Waals surface area contributed by atoms with Crippen LogP contribution >= 0.6 is 0 Å². The smallest absolute Gasteiger partial charge is 0.416 e. The first-order valence-corrected chi connectivity index (χ1v) is 10.5. The Hall–Kier alpha value is -2.21. The van der Waals surface area contributed by atoms with Crippen LogP contribution in [0.4, 0.5) is 10.5 Å². The molecule has 0 saturated heterocycles. The Morgan fingerprint density at radius 2 is 1.93 bits per heavy atom. The SMILES string of the molecule is CCCCCCNc1ccc2c(c1)c(OCCN(CC)CC)c(C)n2C(=O)O. The molecule has 2 aromatic rings. The van der Waals surface area contributed by atoms with Gasteiger partial charge in [-0.2, -0.15) is 0 Å². The van der Waals surface area contributed by atoms with Crippen LogP contribution in [-0.4, -0.2) is 53.5 Å². The number of hydrogen-bond acceptors (Lipinski definition) is 4. The fourth-order valence-corrected chi connectivity index (χ4v) is 3.53. The van der Waals surface area contributed by atoms with Crippen LogP contribution in [0.15, 0.2) is 18.2 Å². The van der Waals surface area contributed by atoms with Gasteiger partial charge in [-0.15, -0.1) is 0 Å². The van der Waals surface area contributed by atoms with E-state index in [1.807, 2.05) is 18.2 Å². The summed E-state index contributed by atoms with van der Waals surface area (Å²) >= 11 is 0. The van der Waals surface area contributed by atoms with Gasteiger partial charge >= 0.3 is 6.09 Å². The largest absolute Gasteiger partial charge is 0.490 e. The lowest BCUT2D eigenvalue weighted by Gasteiger charge is -2.18. The Balaban J connectivity index is 2.21. The highest BCUT2D eigenvalue weighted by molar-refractivity contribution is 5.97. The Kier molecular flexibility index (Phi) is 8.64. The fraction of sp³-hybridized carbons (Fsp3) is 0.591. The molecule has 0 radical (unpaired) electrons. The second-order valence-electron chi connectivity index (χ2n) is 7.13. The van der Waals surface area contributed by atoms with E-state index in [0.29, 0.717) is 23.6 Å². The van der Waals surface area contributed by atoms with Gasteiger partial charge < -0.3 is 20.1 Å². The van der Waals surface area contributed by atoms with Crippen molar-refractivity contribution in [2.24, 2.45) is 0 Å². The van der Waals surface area contributed by atoms with Crippen molar-refractivity contribution in [3.8, 4) is 5.75 Å². The molecule has 0 aliphatic rings. The predicted molar refractivity (Wildman–Crippen MR) is 116 cm³/mol. The lowest BCUT2D eigenvalue weighted by molar-refractivity contribution is 0.196. The van der Waals surface area contributed by atoms with Crippen LogP contribution in [0.3, 0.4) is 0 Å². The predicted octanol–water partition coefficient (Wildman–Crippen LogP) is 5.19. The van der Waals surface area contributed by atoms with Crippen molar-refractivity contribution >= 4 is 22.7 Å². The van der Waals surface area contributed by atoms with E-state index in [1.165, 1.54) is 23.8 Å². The van der Waals surface area contributed by atoms with Crippen LogP contribution in [0.1, 0.15) is 52.1 Å². The summed E-state index contributed by atoms with van der Waals surface area (Å²) in [7, 11) is 0. The van der Waals surface area contributed by atoms with Crippen molar-refractivity contribution < 1.29 is 14.6 Å². The summed E-state index contributed by atoms with van der Waals surface area (Å²) in [6.07, 6.45) is 3.85. The van der Waals surface area contributed by atoms with Gasteiger partial charge in [-0.25, -0.2) is 9.36 Å². The summed E-state index contributed by atoms with van der Waals surface area (Å²) < 4.78 is 7.39. The van der Waals surface area contributed by atoms with E-state index in [1.54, 1.807) is 6.92 Å². The van der Waals surface area contributed by atoms with E-state index in [2.05, 4.69) is 31.0 Å². The van der Waals surface area contributed by atoms with Gasteiger partial charge in [0.25, 0.3) is 0 Å². The third kappa shape index (κ3) is 5.41. The van der Waals surface area contributed by atoms with Crippen LogP contribution in [0.25, 0.3) is 10.9 Å². The van der Waals surface area contributed by atoms with Gasteiger partial charge in [-0.1, -0.05) is 40.0 Å². The Labute approximate surface area is 168 Å². The van der Waals surface area contributed by atoms with Crippen molar-refractivity contribution in [1.82, 2.24) is 9.47 Å². The third-order valence-electron chi connectivity index (χ3n) is 5.25. The topological polar surface area (TPSA) is 66.7 Å². The first-order chi connectivity index (χ1) is 13.5. The number of unbranched alkanes of at least 4 members (excludes halogenated alkanes) is 3. The lowest BCUT2D eigenvalue weighted by atomic mass is 10.2. The van der Waals surface area contributed by atoms with Crippen molar-refractivity contribution in [2.45, 2.75) is 53.4 Å². The number of carbonyl (C=O) groups is 1. The first-order valence-electron chi connectivity index (χ1n) is 10.5. The van der Waals surface area contributed by atoms with Crippen molar-refractivity contribution in [1.29, 1.82) is 0 Å². The minimum absolute atomic E-state index is 0.538. The summed E-state index contributed by atoms with van der Waals surface area (Å²) in [6, 6.07) is 5.82. The molecule has 1 aromatic carbocycles. The highest BCUT2D eigenvalue weighted by atomic mass is 16.5. The molecule has 1 heterocycles. The van der Waals surface area contributed by atoms with Crippen LogP contribution in [0.5, 0.6) is 5.75 Å². The molecule has 1 aromatic heterocycles. The normalized spacial score (nSPS) is 11.3. The number of likely N-dealkylation sites (N-methyl/N-ethyl adjacent to an activating group) is 1. The lowest BCUT2D eigenvalue weighted by Crippen LogP contribution is -2.28. The number of anilines is 1. The number of rotatable bonds is 12. The second-order valence-corrected chi connectivity index (χ2v) is 7.13. The zero-order valence-electron chi connectivity index (χ0n) is 17.8. The molecule has 6 nitrogen and oxygen atoms in total. The van der Waals surface area contributed by atoms with Gasteiger partial charge in [0.15, 0.2) is 0 Å². The number of benzene rings is 1. The van der Waals surface area contributed by atoms with E-state index in [4.69, 9.17) is 4.74 Å². The van der Waals surface area contributed by atoms with E-state index in [-0.39, 0.29) is 0 Å². The minimum Gasteiger partial charge on any atom is -0.490 e. The highest BCUT2D eigenvalue weighted by Crippen LogP contribution is 2.34. The molecule has 0 amide bonds. The summed E-state index contributed by atoms with van der Waals surface area (Å²) in [4.78, 5) is 14.1. The van der Waals surface area contributed by atoms with Crippen molar-refractivity contribution in [3.63, 3.8) is 0 Å². The molecule has 0 aliphatic heterocycles. The van der Waals surface area contributed by atoms with Gasteiger partial charge in [-0.05, 0) is 44.6 Å². The summed E-state index contributed by atoms with van der Waals surface area (Å²) in [5.41, 5.74) is 2.29. The summed E-state index contributed by atoms with van der Waals surface area (Å²) in [5, 5.41) is 13.9.